The van der Waals surface area contributed by atoms with E-state index in [2.05, 4.69) is 19.1 Å². The number of ether oxygens (including phenoxy) is 7. The molecule has 2 rings (SSSR count). The fourth-order valence-corrected chi connectivity index (χ4v) is 6.06. The summed E-state index contributed by atoms with van der Waals surface area (Å²) in [5, 5.41) is 53.2. The Balaban J connectivity index is 1.76. The zero-order valence-corrected chi connectivity index (χ0v) is 32.1. The van der Waals surface area contributed by atoms with Gasteiger partial charge >= 0.3 is 17.9 Å². The zero-order chi connectivity index (χ0) is 39.2. The highest BCUT2D eigenvalue weighted by Crippen LogP contribution is 2.31. The lowest BCUT2D eigenvalue weighted by atomic mass is 9.97. The van der Waals surface area contributed by atoms with Crippen molar-refractivity contribution in [3.05, 3.63) is 12.2 Å². The third-order valence-electron chi connectivity index (χ3n) is 9.28. The SMILES string of the molecule is CCCCOC(=O)CCCCCCC/C=C\CCCCCCC(C)O[C@@H]1O[C@H](COC(C)=O)[C@@H](O)[C@H](O)[C@H]1O[C@@H]1O[C@H](COC(C)=O)[C@@H](O)[C@H](O)[C@H]1O. The van der Waals surface area contributed by atoms with Gasteiger partial charge in [-0.1, -0.05) is 64.0 Å². The molecule has 53 heavy (non-hydrogen) atoms. The molecule has 5 N–H and O–H groups in total. The van der Waals surface area contributed by atoms with Crippen LogP contribution in [0.25, 0.3) is 0 Å². The summed E-state index contributed by atoms with van der Waals surface area (Å²) < 4.78 is 38.6. The van der Waals surface area contributed by atoms with Crippen molar-refractivity contribution in [1.82, 2.24) is 0 Å². The first kappa shape index (κ1) is 46.9. The molecule has 0 aliphatic carbocycles. The van der Waals surface area contributed by atoms with Crippen molar-refractivity contribution in [1.29, 1.82) is 0 Å². The summed E-state index contributed by atoms with van der Waals surface area (Å²) in [5.41, 5.74) is 0. The van der Waals surface area contributed by atoms with E-state index in [9.17, 15) is 39.9 Å². The van der Waals surface area contributed by atoms with Crippen LogP contribution in [0.2, 0.25) is 0 Å². The van der Waals surface area contributed by atoms with Gasteiger partial charge < -0.3 is 58.7 Å². The topological polar surface area (TPSA) is 217 Å². The second-order valence-corrected chi connectivity index (χ2v) is 14.0. The smallest absolute Gasteiger partial charge is 0.305 e. The van der Waals surface area contributed by atoms with E-state index in [1.54, 1.807) is 0 Å². The Kier molecular flexibility index (Phi) is 23.5. The fraction of sp³-hybridized carbons (Fsp3) is 0.868. The molecule has 0 amide bonds. The molecule has 15 heteroatoms. The molecular weight excluding hydrogens is 696 g/mol. The maximum Gasteiger partial charge on any atom is 0.305 e. The number of carbonyl (C=O) groups excluding carboxylic acids is 3. The molecule has 0 aromatic carbocycles. The molecule has 2 saturated heterocycles. The Labute approximate surface area is 314 Å². The molecular formula is C38H66O15. The molecule has 1 unspecified atom stereocenters. The lowest BCUT2D eigenvalue weighted by Crippen LogP contribution is -2.65. The highest BCUT2D eigenvalue weighted by molar-refractivity contribution is 5.69. The van der Waals surface area contributed by atoms with Gasteiger partial charge in [-0.2, -0.15) is 0 Å². The Hall–Kier alpha value is -2.21. The minimum Gasteiger partial charge on any atom is -0.466 e. The van der Waals surface area contributed by atoms with Crippen LogP contribution >= 0.6 is 0 Å². The molecule has 0 aromatic rings. The van der Waals surface area contributed by atoms with E-state index in [-0.39, 0.29) is 18.7 Å². The molecule has 0 spiro atoms. The van der Waals surface area contributed by atoms with Crippen LogP contribution in [0.15, 0.2) is 12.2 Å². The van der Waals surface area contributed by atoms with Crippen LogP contribution in [0.1, 0.15) is 124 Å². The molecule has 2 heterocycles. The molecule has 11 atom stereocenters. The number of hydrogen-bond acceptors (Lipinski definition) is 15. The van der Waals surface area contributed by atoms with E-state index in [0.29, 0.717) is 19.4 Å². The lowest BCUT2D eigenvalue weighted by Gasteiger charge is -2.46. The van der Waals surface area contributed by atoms with Crippen molar-refractivity contribution in [3.8, 4) is 0 Å². The van der Waals surface area contributed by atoms with Crippen molar-refractivity contribution in [3.63, 3.8) is 0 Å². The number of hydrogen-bond donors (Lipinski definition) is 5. The number of esters is 3. The van der Waals surface area contributed by atoms with Gasteiger partial charge in [-0.3, -0.25) is 14.4 Å². The molecule has 2 aliphatic heterocycles. The average molecular weight is 763 g/mol. The predicted octanol–water partition coefficient (Wildman–Crippen LogP) is 3.13. The second kappa shape index (κ2) is 26.6. The van der Waals surface area contributed by atoms with Crippen LogP contribution in [-0.2, 0) is 47.5 Å². The zero-order valence-electron chi connectivity index (χ0n) is 32.1. The molecule has 0 saturated carbocycles. The second-order valence-electron chi connectivity index (χ2n) is 14.0. The molecule has 0 bridgehead atoms. The molecule has 308 valence electrons. The quantitative estimate of drug-likeness (QED) is 0.0370. The molecule has 15 nitrogen and oxygen atoms in total. The van der Waals surface area contributed by atoms with Crippen molar-refractivity contribution in [2.45, 2.75) is 192 Å². The van der Waals surface area contributed by atoms with E-state index in [1.807, 2.05) is 6.92 Å². The maximum atomic E-state index is 11.6. The van der Waals surface area contributed by atoms with Gasteiger partial charge in [0.1, 0.15) is 62.0 Å². The van der Waals surface area contributed by atoms with E-state index in [4.69, 9.17) is 33.2 Å². The normalized spacial score (nSPS) is 29.5. The summed E-state index contributed by atoms with van der Waals surface area (Å²) in [4.78, 5) is 34.4. The van der Waals surface area contributed by atoms with Gasteiger partial charge in [0.2, 0.25) is 0 Å². The monoisotopic (exact) mass is 762 g/mol. The minimum absolute atomic E-state index is 0.0831. The lowest BCUT2D eigenvalue weighted by molar-refractivity contribution is -0.371. The van der Waals surface area contributed by atoms with Crippen molar-refractivity contribution >= 4 is 17.9 Å². The summed E-state index contributed by atoms with van der Waals surface area (Å²) in [7, 11) is 0. The summed E-state index contributed by atoms with van der Waals surface area (Å²) >= 11 is 0. The third-order valence-corrected chi connectivity index (χ3v) is 9.28. The minimum atomic E-state index is -1.77. The van der Waals surface area contributed by atoms with E-state index in [0.717, 1.165) is 90.4 Å². The number of unbranched alkanes of at least 4 members (excludes halogenated alkanes) is 10. The van der Waals surface area contributed by atoms with Crippen molar-refractivity contribution < 1.29 is 73.1 Å². The van der Waals surface area contributed by atoms with Gasteiger partial charge in [0.05, 0.1) is 12.7 Å². The summed E-state index contributed by atoms with van der Waals surface area (Å²) in [6.07, 6.45) is 3.40. The number of aliphatic hydroxyl groups excluding tert-OH is 5. The standard InChI is InChI=1S/C38H66O15/c1-5-6-22-47-30(41)21-19-17-15-13-11-9-7-8-10-12-14-16-18-20-25(2)50-38-36(34(45)32(43)29(52-38)24-49-27(4)40)53-37-35(46)33(44)31(42)28(51-37)23-48-26(3)39/h7-8,25,28-29,31-38,42-46H,5-6,9-24H2,1-4H3/b8-7-/t25?,28-,29-,31-,32-,33+,34+,35-,36-,37+,38-/m1/s1. The molecule has 2 fully saturated rings. The van der Waals surface area contributed by atoms with Gasteiger partial charge in [0, 0.05) is 20.3 Å². The largest absolute Gasteiger partial charge is 0.466 e. The number of carbonyl (C=O) groups is 3. The van der Waals surface area contributed by atoms with Crippen LogP contribution < -0.4 is 0 Å². The summed E-state index contributed by atoms with van der Waals surface area (Å²) in [6.45, 7) is 5.98. The molecule has 2 aliphatic rings. The highest BCUT2D eigenvalue weighted by Gasteiger charge is 2.51. The van der Waals surface area contributed by atoms with E-state index >= 15 is 0 Å². The molecule has 0 aromatic heterocycles. The number of rotatable bonds is 26. The Morgan fingerprint density at radius 2 is 1.17 bits per heavy atom. The van der Waals surface area contributed by atoms with Crippen LogP contribution in [0, 0.1) is 0 Å². The summed E-state index contributed by atoms with van der Waals surface area (Å²) in [5.74, 6) is -1.34. The van der Waals surface area contributed by atoms with E-state index < -0.39 is 80.0 Å². The Morgan fingerprint density at radius 1 is 0.642 bits per heavy atom. The van der Waals surface area contributed by atoms with Crippen molar-refractivity contribution in [2.24, 2.45) is 0 Å². The van der Waals surface area contributed by atoms with Gasteiger partial charge in [-0.05, 0) is 51.9 Å². The number of allylic oxidation sites excluding steroid dienone is 2. The first-order valence-electron chi connectivity index (χ1n) is 19.4. The van der Waals surface area contributed by atoms with Gasteiger partial charge in [-0.25, -0.2) is 0 Å². The van der Waals surface area contributed by atoms with Gasteiger partial charge in [0.25, 0.3) is 0 Å². The number of aliphatic hydroxyl groups is 5. The Morgan fingerprint density at radius 3 is 1.75 bits per heavy atom. The highest BCUT2D eigenvalue weighted by atomic mass is 16.8. The van der Waals surface area contributed by atoms with Crippen LogP contribution in [0.4, 0.5) is 0 Å². The first-order chi connectivity index (χ1) is 25.3. The van der Waals surface area contributed by atoms with Gasteiger partial charge in [-0.15, -0.1) is 0 Å². The van der Waals surface area contributed by atoms with Crippen LogP contribution in [0.3, 0.4) is 0 Å². The molecule has 0 radical (unpaired) electrons. The predicted molar refractivity (Wildman–Crippen MR) is 191 cm³/mol. The Bertz CT molecular complexity index is 1060. The van der Waals surface area contributed by atoms with Crippen LogP contribution in [-0.4, -0.2) is 131 Å². The average Bonchev–Trinajstić information content (AvgIpc) is 3.11. The maximum absolute atomic E-state index is 11.6. The first-order valence-corrected chi connectivity index (χ1v) is 19.4. The summed E-state index contributed by atoms with van der Waals surface area (Å²) in [6, 6.07) is 0. The fourth-order valence-electron chi connectivity index (χ4n) is 6.06. The van der Waals surface area contributed by atoms with E-state index in [1.165, 1.54) is 6.92 Å². The van der Waals surface area contributed by atoms with Crippen LogP contribution in [0.5, 0.6) is 0 Å². The third kappa shape index (κ3) is 18.3. The van der Waals surface area contributed by atoms with Crippen molar-refractivity contribution in [2.75, 3.05) is 19.8 Å². The van der Waals surface area contributed by atoms with Gasteiger partial charge in [0.15, 0.2) is 12.6 Å².